The van der Waals surface area contributed by atoms with Crippen LogP contribution < -0.4 is 15.0 Å². The van der Waals surface area contributed by atoms with Gasteiger partial charge in [-0.05, 0) is 31.6 Å². The van der Waals surface area contributed by atoms with Crippen molar-refractivity contribution in [2.24, 2.45) is 0 Å². The summed E-state index contributed by atoms with van der Waals surface area (Å²) in [7, 11) is 1.55. The maximum atomic E-state index is 13.5. The van der Waals surface area contributed by atoms with Gasteiger partial charge in [-0.2, -0.15) is 0 Å². The highest BCUT2D eigenvalue weighted by atomic mass is 19.2. The number of rotatable bonds is 5. The second kappa shape index (κ2) is 8.33. The first kappa shape index (κ1) is 20.8. The van der Waals surface area contributed by atoms with Gasteiger partial charge in [-0.15, -0.1) is 0 Å². The number of nitrogens with zero attached hydrogens (tertiary/aromatic N) is 3. The van der Waals surface area contributed by atoms with E-state index < -0.39 is 23.9 Å². The van der Waals surface area contributed by atoms with Crippen molar-refractivity contribution in [3.63, 3.8) is 0 Å². The van der Waals surface area contributed by atoms with E-state index in [0.717, 1.165) is 17.5 Å². The monoisotopic (exact) mass is 428 g/mol. The molecule has 1 fully saturated rings. The van der Waals surface area contributed by atoms with Crippen LogP contribution in [0.5, 0.6) is 5.75 Å². The number of aromatic nitrogens is 2. The molecule has 1 aromatic carbocycles. The molecule has 1 aromatic heterocycles. The summed E-state index contributed by atoms with van der Waals surface area (Å²) in [6.45, 7) is 2.30. The van der Waals surface area contributed by atoms with Crippen LogP contribution in [-0.4, -0.2) is 47.2 Å². The first-order valence-corrected chi connectivity index (χ1v) is 9.90. The topological polar surface area (TPSA) is 76.5 Å². The van der Waals surface area contributed by atoms with Gasteiger partial charge in [0, 0.05) is 36.5 Å². The van der Waals surface area contributed by atoms with Crippen LogP contribution in [0.1, 0.15) is 18.5 Å². The molecule has 4 rings (SSSR count). The van der Waals surface area contributed by atoms with Gasteiger partial charge in [-0.3, -0.25) is 9.59 Å². The zero-order valence-electron chi connectivity index (χ0n) is 17.1. The summed E-state index contributed by atoms with van der Waals surface area (Å²) < 4.78 is 34.0. The molecule has 0 saturated carbocycles. The third kappa shape index (κ3) is 4.08. The second-order valence-corrected chi connectivity index (χ2v) is 7.47. The molecule has 2 aliphatic rings. The number of aryl methyl sites for hydroxylation is 1. The lowest BCUT2D eigenvalue weighted by atomic mass is 10.0. The Morgan fingerprint density at radius 1 is 1.35 bits per heavy atom. The minimum atomic E-state index is -1.72. The van der Waals surface area contributed by atoms with E-state index in [9.17, 15) is 18.4 Å². The fourth-order valence-electron chi connectivity index (χ4n) is 3.71. The Morgan fingerprint density at radius 3 is 2.84 bits per heavy atom. The lowest BCUT2D eigenvalue weighted by molar-refractivity contribution is -0.124. The number of imidazole rings is 1. The Labute approximate surface area is 178 Å². The van der Waals surface area contributed by atoms with Crippen LogP contribution in [0.3, 0.4) is 0 Å². The largest absolute Gasteiger partial charge is 0.494 e. The van der Waals surface area contributed by atoms with Gasteiger partial charge in [-0.1, -0.05) is 6.08 Å². The molecular formula is C22H22F2N4O3. The maximum Gasteiger partial charge on any atom is 0.251 e. The number of halogens is 2. The number of hydrogen-bond donors (Lipinski definition) is 1. The van der Waals surface area contributed by atoms with E-state index in [0.29, 0.717) is 24.4 Å². The number of ether oxygens (including phenoxy) is 1. The predicted octanol–water partition coefficient (Wildman–Crippen LogP) is 2.93. The maximum absolute atomic E-state index is 13.5. The third-order valence-electron chi connectivity index (χ3n) is 5.38. The van der Waals surface area contributed by atoms with Crippen molar-refractivity contribution in [2.75, 3.05) is 18.6 Å². The van der Waals surface area contributed by atoms with Crippen molar-refractivity contribution in [1.82, 2.24) is 14.9 Å². The Bertz CT molecular complexity index is 1090. The number of methoxy groups -OCH3 is 1. The van der Waals surface area contributed by atoms with Gasteiger partial charge in [-0.25, -0.2) is 13.8 Å². The summed E-state index contributed by atoms with van der Waals surface area (Å²) in [5.74, 6) is -1.27. The molecule has 2 unspecified atom stereocenters. The number of anilines is 1. The number of benzene rings is 1. The molecule has 31 heavy (non-hydrogen) atoms. The molecule has 2 amide bonds. The minimum Gasteiger partial charge on any atom is -0.494 e. The van der Waals surface area contributed by atoms with Crippen LogP contribution in [0.2, 0.25) is 0 Å². The Kier molecular flexibility index (Phi) is 5.58. The van der Waals surface area contributed by atoms with Crippen molar-refractivity contribution in [3.8, 4) is 11.4 Å². The fraction of sp³-hybridized carbons (Fsp3) is 0.318. The van der Waals surface area contributed by atoms with Gasteiger partial charge in [0.05, 0.1) is 24.8 Å². The summed E-state index contributed by atoms with van der Waals surface area (Å²) in [5.41, 5.74) is 2.32. The summed E-state index contributed by atoms with van der Waals surface area (Å²) in [6, 6.07) is 4.66. The first-order chi connectivity index (χ1) is 14.9. The van der Waals surface area contributed by atoms with Crippen LogP contribution in [0, 0.1) is 6.92 Å². The molecule has 1 aliphatic carbocycles. The molecule has 0 spiro atoms. The zero-order valence-corrected chi connectivity index (χ0v) is 17.1. The van der Waals surface area contributed by atoms with Crippen molar-refractivity contribution in [3.05, 3.63) is 60.0 Å². The van der Waals surface area contributed by atoms with E-state index in [1.54, 1.807) is 30.5 Å². The average molecular weight is 428 g/mol. The molecule has 162 valence electrons. The highest BCUT2D eigenvalue weighted by Gasteiger charge is 2.34. The molecule has 1 saturated heterocycles. The van der Waals surface area contributed by atoms with Gasteiger partial charge in [0.1, 0.15) is 17.6 Å². The van der Waals surface area contributed by atoms with Gasteiger partial charge in [0.2, 0.25) is 5.91 Å². The quantitative estimate of drug-likeness (QED) is 0.795. The van der Waals surface area contributed by atoms with E-state index >= 15 is 0 Å². The van der Waals surface area contributed by atoms with E-state index in [1.165, 1.54) is 6.08 Å². The van der Waals surface area contributed by atoms with Gasteiger partial charge in [0.25, 0.3) is 5.91 Å². The van der Waals surface area contributed by atoms with Crippen LogP contribution in [-0.2, 0) is 9.59 Å². The average Bonchev–Trinajstić information content (AvgIpc) is 3.35. The summed E-state index contributed by atoms with van der Waals surface area (Å²) >= 11 is 0. The summed E-state index contributed by atoms with van der Waals surface area (Å²) in [5, 5.41) is 2.63. The molecule has 2 aromatic rings. The van der Waals surface area contributed by atoms with E-state index in [-0.39, 0.29) is 17.9 Å². The van der Waals surface area contributed by atoms with E-state index in [4.69, 9.17) is 4.74 Å². The van der Waals surface area contributed by atoms with Crippen molar-refractivity contribution in [2.45, 2.75) is 32.0 Å². The Morgan fingerprint density at radius 2 is 2.16 bits per heavy atom. The number of nitrogens with one attached hydrogen (secondary N) is 1. The van der Waals surface area contributed by atoms with E-state index in [1.807, 2.05) is 23.8 Å². The van der Waals surface area contributed by atoms with Crippen LogP contribution in [0.25, 0.3) is 5.69 Å². The van der Waals surface area contributed by atoms with Crippen molar-refractivity contribution in [1.29, 1.82) is 0 Å². The predicted molar refractivity (Wildman–Crippen MR) is 111 cm³/mol. The fourth-order valence-corrected chi connectivity index (χ4v) is 3.71. The Balaban J connectivity index is 1.48. The summed E-state index contributed by atoms with van der Waals surface area (Å²) in [4.78, 5) is 31.1. The van der Waals surface area contributed by atoms with Gasteiger partial charge in [0.15, 0.2) is 6.17 Å². The highest BCUT2D eigenvalue weighted by molar-refractivity contribution is 6.04. The number of allylic oxidation sites excluding steroid dienone is 2. The number of carbonyl (C=O) groups is 2. The molecular weight excluding hydrogens is 406 g/mol. The number of carbonyl (C=O) groups excluding carboxylic acids is 2. The Hall–Kier alpha value is -3.49. The van der Waals surface area contributed by atoms with Crippen LogP contribution in [0.4, 0.5) is 14.5 Å². The van der Waals surface area contributed by atoms with Crippen LogP contribution in [0.15, 0.2) is 54.3 Å². The molecule has 1 aliphatic heterocycles. The first-order valence-electron chi connectivity index (χ1n) is 9.90. The lowest BCUT2D eigenvalue weighted by Crippen LogP contribution is -2.42. The molecule has 0 bridgehead atoms. The van der Waals surface area contributed by atoms with Crippen molar-refractivity contribution < 1.29 is 23.1 Å². The molecule has 9 heteroatoms. The molecule has 2 atom stereocenters. The highest BCUT2D eigenvalue weighted by Crippen LogP contribution is 2.31. The SMILES string of the molecule is COc1cc(N2CCC(NC(=O)C3=CCC(F)C(F)=C3)C2=O)ccc1-n1cnc(C)c1. The zero-order chi connectivity index (χ0) is 22.1. The second-order valence-electron chi connectivity index (χ2n) is 7.47. The normalized spacial score (nSPS) is 21.0. The van der Waals surface area contributed by atoms with Gasteiger partial charge < -0.3 is 19.5 Å². The third-order valence-corrected chi connectivity index (χ3v) is 5.38. The van der Waals surface area contributed by atoms with Crippen molar-refractivity contribution >= 4 is 17.5 Å². The smallest absolute Gasteiger partial charge is 0.251 e. The number of hydrogen-bond acceptors (Lipinski definition) is 4. The lowest BCUT2D eigenvalue weighted by Gasteiger charge is -2.20. The number of amides is 2. The van der Waals surface area contributed by atoms with E-state index in [2.05, 4.69) is 10.3 Å². The minimum absolute atomic E-state index is 0.0271. The van der Waals surface area contributed by atoms with Gasteiger partial charge >= 0.3 is 0 Å². The molecule has 7 nitrogen and oxygen atoms in total. The molecule has 1 N–H and O–H groups in total. The molecule has 0 radical (unpaired) electrons. The summed E-state index contributed by atoms with van der Waals surface area (Å²) in [6.07, 6.45) is 4.25. The molecule has 2 heterocycles. The number of alkyl halides is 1. The van der Waals surface area contributed by atoms with Crippen LogP contribution >= 0.6 is 0 Å². The standard InChI is InChI=1S/C22H22F2N4O3/c1-13-11-27(12-25-13)19-6-4-15(10-20(19)31-2)28-8-7-18(22(28)30)26-21(29)14-3-5-16(23)17(24)9-14/h3-4,6,9-12,16,18H,5,7-8H2,1-2H3,(H,26,29).